The van der Waals surface area contributed by atoms with Gasteiger partial charge in [-0.1, -0.05) is 13.8 Å². The van der Waals surface area contributed by atoms with Gasteiger partial charge < -0.3 is 15.5 Å². The molecule has 0 aromatic rings. The highest BCUT2D eigenvalue weighted by atomic mass is 16.2. The highest BCUT2D eigenvalue weighted by molar-refractivity contribution is 5.76. The molecule has 0 aromatic heterocycles. The van der Waals surface area contributed by atoms with Gasteiger partial charge in [0.15, 0.2) is 0 Å². The number of hydrogen-bond acceptors (Lipinski definition) is 3. The zero-order chi connectivity index (χ0) is 15.8. The maximum absolute atomic E-state index is 12.3. The molecule has 1 aliphatic heterocycles. The Kier molecular flexibility index (Phi) is 7.72. The lowest BCUT2D eigenvalue weighted by molar-refractivity contribution is -0.132. The number of amides is 2. The van der Waals surface area contributed by atoms with Crippen LogP contribution >= 0.6 is 0 Å². The lowest BCUT2D eigenvalue weighted by atomic mass is 9.88. The van der Waals surface area contributed by atoms with Crippen molar-refractivity contribution < 1.29 is 9.59 Å². The Morgan fingerprint density at radius 1 is 1.05 bits per heavy atom. The van der Waals surface area contributed by atoms with Crippen molar-refractivity contribution in [3.8, 4) is 0 Å². The van der Waals surface area contributed by atoms with Crippen LogP contribution in [0.3, 0.4) is 0 Å². The normalized spacial score (nSPS) is 17.8. The molecule has 1 aliphatic rings. The molecular formula is C16H31N3O2. The van der Waals surface area contributed by atoms with E-state index in [1.54, 1.807) is 6.92 Å². The van der Waals surface area contributed by atoms with Gasteiger partial charge in [0.05, 0.1) is 0 Å². The predicted molar refractivity (Wildman–Crippen MR) is 84.7 cm³/mol. The van der Waals surface area contributed by atoms with Gasteiger partial charge in [0, 0.05) is 39.5 Å². The highest BCUT2D eigenvalue weighted by Gasteiger charge is 2.21. The van der Waals surface area contributed by atoms with E-state index in [9.17, 15) is 9.59 Å². The number of carbonyl (C=O) groups is 2. The van der Waals surface area contributed by atoms with Gasteiger partial charge in [0.25, 0.3) is 0 Å². The van der Waals surface area contributed by atoms with Gasteiger partial charge in [-0.15, -0.1) is 0 Å². The fourth-order valence-corrected chi connectivity index (χ4v) is 2.97. The Hall–Kier alpha value is -1.10. The summed E-state index contributed by atoms with van der Waals surface area (Å²) < 4.78 is 0. The van der Waals surface area contributed by atoms with E-state index in [1.165, 1.54) is 0 Å². The molecule has 0 saturated carbocycles. The van der Waals surface area contributed by atoms with Crippen LogP contribution in [0.25, 0.3) is 0 Å². The molecule has 0 aliphatic carbocycles. The van der Waals surface area contributed by atoms with E-state index < -0.39 is 0 Å². The molecule has 0 bridgehead atoms. The lowest BCUT2D eigenvalue weighted by Gasteiger charge is -2.24. The summed E-state index contributed by atoms with van der Waals surface area (Å²) >= 11 is 0. The minimum atomic E-state index is 0.104. The minimum absolute atomic E-state index is 0.104. The second kappa shape index (κ2) is 9.03. The van der Waals surface area contributed by atoms with Gasteiger partial charge in [-0.2, -0.15) is 0 Å². The number of nitrogens with two attached hydrogens (primary N) is 1. The van der Waals surface area contributed by atoms with Crippen molar-refractivity contribution in [1.29, 1.82) is 0 Å². The smallest absolute Gasteiger partial charge is 0.222 e. The second-order valence-corrected chi connectivity index (χ2v) is 6.36. The molecule has 5 heteroatoms. The summed E-state index contributed by atoms with van der Waals surface area (Å²) in [6.07, 6.45) is 3.38. The first kappa shape index (κ1) is 18.0. The first-order chi connectivity index (χ1) is 9.95. The van der Waals surface area contributed by atoms with Crippen LogP contribution in [0.4, 0.5) is 0 Å². The second-order valence-electron chi connectivity index (χ2n) is 6.36. The highest BCUT2D eigenvalue weighted by Crippen LogP contribution is 2.21. The number of carbonyl (C=O) groups excluding carboxylic acids is 2. The van der Waals surface area contributed by atoms with Crippen LogP contribution in [-0.2, 0) is 9.59 Å². The van der Waals surface area contributed by atoms with Crippen LogP contribution in [0.2, 0.25) is 0 Å². The zero-order valence-electron chi connectivity index (χ0n) is 13.8. The van der Waals surface area contributed by atoms with Crippen molar-refractivity contribution in [3.63, 3.8) is 0 Å². The lowest BCUT2D eigenvalue weighted by Crippen LogP contribution is -2.36. The van der Waals surface area contributed by atoms with Gasteiger partial charge in [-0.25, -0.2) is 0 Å². The molecule has 1 atom stereocenters. The molecule has 0 radical (unpaired) electrons. The van der Waals surface area contributed by atoms with Crippen molar-refractivity contribution in [3.05, 3.63) is 0 Å². The van der Waals surface area contributed by atoms with Crippen LogP contribution in [0, 0.1) is 11.8 Å². The van der Waals surface area contributed by atoms with Crippen molar-refractivity contribution in [1.82, 2.24) is 9.80 Å². The topological polar surface area (TPSA) is 66.6 Å². The van der Waals surface area contributed by atoms with Gasteiger partial charge in [0.2, 0.25) is 11.8 Å². The molecule has 122 valence electrons. The van der Waals surface area contributed by atoms with Crippen LogP contribution < -0.4 is 5.73 Å². The molecule has 1 unspecified atom stereocenters. The predicted octanol–water partition coefficient (Wildman–Crippen LogP) is 1.47. The van der Waals surface area contributed by atoms with E-state index in [-0.39, 0.29) is 11.8 Å². The van der Waals surface area contributed by atoms with E-state index in [0.29, 0.717) is 37.9 Å². The standard InChI is InChI=1S/C16H31N3O2/c1-13(2)15(7-8-17)5-6-16(21)19-10-4-9-18(11-12-19)14(3)20/h13,15H,4-12,17H2,1-3H3. The monoisotopic (exact) mass is 297 g/mol. The maximum atomic E-state index is 12.3. The molecule has 1 saturated heterocycles. The summed E-state index contributed by atoms with van der Waals surface area (Å²) in [7, 11) is 0. The minimum Gasteiger partial charge on any atom is -0.341 e. The molecule has 2 N–H and O–H groups in total. The third-order valence-corrected chi connectivity index (χ3v) is 4.50. The number of rotatable bonds is 6. The summed E-state index contributed by atoms with van der Waals surface area (Å²) in [5.41, 5.74) is 5.65. The SMILES string of the molecule is CC(=O)N1CCCN(C(=O)CCC(CCN)C(C)C)CC1. The Labute approximate surface area is 128 Å². The number of nitrogens with zero attached hydrogens (tertiary/aromatic N) is 2. The van der Waals surface area contributed by atoms with Gasteiger partial charge in [0.1, 0.15) is 0 Å². The van der Waals surface area contributed by atoms with E-state index >= 15 is 0 Å². The summed E-state index contributed by atoms with van der Waals surface area (Å²) in [5, 5.41) is 0. The van der Waals surface area contributed by atoms with E-state index in [0.717, 1.165) is 32.4 Å². The van der Waals surface area contributed by atoms with Crippen molar-refractivity contribution in [2.45, 2.75) is 46.5 Å². The Morgan fingerprint density at radius 2 is 1.67 bits per heavy atom. The summed E-state index contributed by atoms with van der Waals surface area (Å²) in [6.45, 7) is 9.54. The van der Waals surface area contributed by atoms with Crippen molar-refractivity contribution in [2.24, 2.45) is 17.6 Å². The zero-order valence-corrected chi connectivity index (χ0v) is 13.8. The molecule has 1 heterocycles. The summed E-state index contributed by atoms with van der Waals surface area (Å²) in [6, 6.07) is 0. The van der Waals surface area contributed by atoms with Crippen molar-refractivity contribution >= 4 is 11.8 Å². The molecule has 1 fully saturated rings. The first-order valence-corrected chi connectivity index (χ1v) is 8.19. The fraction of sp³-hybridized carbons (Fsp3) is 0.875. The quantitative estimate of drug-likeness (QED) is 0.807. The molecule has 1 rings (SSSR count). The van der Waals surface area contributed by atoms with Gasteiger partial charge >= 0.3 is 0 Å². The van der Waals surface area contributed by atoms with Gasteiger partial charge in [-0.3, -0.25) is 9.59 Å². The third kappa shape index (κ3) is 6.04. The fourth-order valence-electron chi connectivity index (χ4n) is 2.97. The van der Waals surface area contributed by atoms with Gasteiger partial charge in [-0.05, 0) is 37.6 Å². The molecule has 21 heavy (non-hydrogen) atoms. The van der Waals surface area contributed by atoms with Crippen LogP contribution in [0.1, 0.15) is 46.5 Å². The molecule has 2 amide bonds. The average Bonchev–Trinajstić information content (AvgIpc) is 2.68. The number of hydrogen-bond donors (Lipinski definition) is 1. The van der Waals surface area contributed by atoms with Crippen LogP contribution in [-0.4, -0.2) is 54.3 Å². The van der Waals surface area contributed by atoms with Crippen LogP contribution in [0.5, 0.6) is 0 Å². The van der Waals surface area contributed by atoms with Crippen LogP contribution in [0.15, 0.2) is 0 Å². The van der Waals surface area contributed by atoms with E-state index in [1.807, 2.05) is 9.80 Å². The summed E-state index contributed by atoms with van der Waals surface area (Å²) in [4.78, 5) is 27.5. The maximum Gasteiger partial charge on any atom is 0.222 e. The largest absolute Gasteiger partial charge is 0.341 e. The first-order valence-electron chi connectivity index (χ1n) is 8.19. The molecular weight excluding hydrogens is 266 g/mol. The molecule has 0 spiro atoms. The molecule has 5 nitrogen and oxygen atoms in total. The molecule has 0 aromatic carbocycles. The Morgan fingerprint density at radius 3 is 2.24 bits per heavy atom. The third-order valence-electron chi connectivity index (χ3n) is 4.50. The Bertz CT molecular complexity index is 344. The van der Waals surface area contributed by atoms with E-state index in [2.05, 4.69) is 13.8 Å². The summed E-state index contributed by atoms with van der Waals surface area (Å²) in [5.74, 6) is 1.42. The average molecular weight is 297 g/mol. The Balaban J connectivity index is 2.42. The van der Waals surface area contributed by atoms with Crippen molar-refractivity contribution in [2.75, 3.05) is 32.7 Å². The van der Waals surface area contributed by atoms with E-state index in [4.69, 9.17) is 5.73 Å².